The molecule has 0 amide bonds. The van der Waals surface area contributed by atoms with Crippen LogP contribution in [-0.2, 0) is 0 Å². The molecule has 0 fully saturated rings. The molecule has 2 rings (SSSR count). The molecule has 18 heavy (non-hydrogen) atoms. The number of aryl methyl sites for hydroxylation is 1. The van der Waals surface area contributed by atoms with Crippen LogP contribution < -0.4 is 10.5 Å². The molecule has 1 heterocycles. The van der Waals surface area contributed by atoms with E-state index in [1.807, 2.05) is 19.1 Å². The largest absolute Gasteiger partial charge is 0.435 e. The van der Waals surface area contributed by atoms with E-state index in [2.05, 4.69) is 25.9 Å². The summed E-state index contributed by atoms with van der Waals surface area (Å²) < 4.78 is 6.45. The van der Waals surface area contributed by atoms with E-state index in [1.165, 1.54) is 12.4 Å². The summed E-state index contributed by atoms with van der Waals surface area (Å²) in [6, 6.07) is 5.53. The van der Waals surface area contributed by atoms with Crippen molar-refractivity contribution in [1.82, 2.24) is 9.97 Å². The van der Waals surface area contributed by atoms with E-state index >= 15 is 0 Å². The van der Waals surface area contributed by atoms with Gasteiger partial charge < -0.3 is 10.5 Å². The first-order valence-electron chi connectivity index (χ1n) is 5.06. The smallest absolute Gasteiger partial charge is 0.238 e. The van der Waals surface area contributed by atoms with E-state index in [0.717, 1.165) is 10.0 Å². The summed E-state index contributed by atoms with van der Waals surface area (Å²) in [6.45, 7) is 1.88. The van der Waals surface area contributed by atoms with E-state index in [1.54, 1.807) is 6.07 Å². The highest BCUT2D eigenvalue weighted by Crippen LogP contribution is 2.32. The van der Waals surface area contributed by atoms with Crippen LogP contribution in [0.2, 0.25) is 0 Å². The second-order valence-electron chi connectivity index (χ2n) is 3.59. The number of nitriles is 1. The Hall–Kier alpha value is -2.13. The van der Waals surface area contributed by atoms with E-state index < -0.39 is 0 Å². The summed E-state index contributed by atoms with van der Waals surface area (Å²) in [5, 5.41) is 8.62. The average Bonchev–Trinajstić information content (AvgIpc) is 2.34. The summed E-state index contributed by atoms with van der Waals surface area (Å²) in [4.78, 5) is 7.85. The maximum Gasteiger partial charge on any atom is 0.238 e. The zero-order chi connectivity index (χ0) is 13.1. The van der Waals surface area contributed by atoms with Gasteiger partial charge in [0.1, 0.15) is 6.07 Å². The van der Waals surface area contributed by atoms with Crippen molar-refractivity contribution in [2.75, 3.05) is 5.73 Å². The Kier molecular flexibility index (Phi) is 3.44. The summed E-state index contributed by atoms with van der Waals surface area (Å²) >= 11 is 3.35. The molecule has 0 unspecified atom stereocenters. The molecule has 0 atom stereocenters. The normalized spacial score (nSPS) is 9.83. The fourth-order valence-corrected chi connectivity index (χ4v) is 2.02. The van der Waals surface area contributed by atoms with Gasteiger partial charge >= 0.3 is 0 Å². The van der Waals surface area contributed by atoms with Gasteiger partial charge in [-0.15, -0.1) is 0 Å². The van der Waals surface area contributed by atoms with Crippen LogP contribution in [0.25, 0.3) is 0 Å². The lowest BCUT2D eigenvalue weighted by Gasteiger charge is -2.10. The van der Waals surface area contributed by atoms with Crippen molar-refractivity contribution in [3.8, 4) is 17.7 Å². The molecule has 1 aromatic heterocycles. The van der Waals surface area contributed by atoms with Crippen molar-refractivity contribution in [2.24, 2.45) is 0 Å². The number of rotatable bonds is 2. The fraction of sp³-hybridized carbons (Fsp3) is 0.0833. The number of hydrogen-bond donors (Lipinski definition) is 1. The minimum absolute atomic E-state index is 0.239. The van der Waals surface area contributed by atoms with Gasteiger partial charge in [0.15, 0.2) is 11.4 Å². The molecular formula is C12H9BrN4O. The molecule has 0 spiro atoms. The molecular weight excluding hydrogens is 296 g/mol. The van der Waals surface area contributed by atoms with E-state index in [9.17, 15) is 0 Å². The number of aromatic nitrogens is 2. The first-order chi connectivity index (χ1) is 8.60. The minimum Gasteiger partial charge on any atom is -0.435 e. The first-order valence-corrected chi connectivity index (χ1v) is 5.85. The van der Waals surface area contributed by atoms with Gasteiger partial charge in [0, 0.05) is 4.47 Å². The zero-order valence-corrected chi connectivity index (χ0v) is 11.1. The van der Waals surface area contributed by atoms with Crippen LogP contribution in [0.4, 0.5) is 5.69 Å². The Morgan fingerprint density at radius 1 is 1.33 bits per heavy atom. The maximum atomic E-state index is 8.62. The van der Waals surface area contributed by atoms with Crippen LogP contribution in [0.3, 0.4) is 0 Å². The maximum absolute atomic E-state index is 8.62. The third kappa shape index (κ3) is 2.57. The van der Waals surface area contributed by atoms with E-state index in [4.69, 9.17) is 15.7 Å². The number of hydrogen-bond acceptors (Lipinski definition) is 5. The number of nitrogens with zero attached hydrogens (tertiary/aromatic N) is 3. The monoisotopic (exact) mass is 304 g/mol. The topological polar surface area (TPSA) is 84.8 Å². The molecule has 2 N–H and O–H groups in total. The van der Waals surface area contributed by atoms with Crippen molar-refractivity contribution in [2.45, 2.75) is 6.92 Å². The van der Waals surface area contributed by atoms with Gasteiger partial charge in [-0.1, -0.05) is 15.9 Å². The number of nitrogens with two attached hydrogens (primary N) is 1. The Bertz CT molecular complexity index is 596. The minimum atomic E-state index is 0.239. The molecule has 1 aromatic carbocycles. The summed E-state index contributed by atoms with van der Waals surface area (Å²) in [6.07, 6.45) is 2.74. The van der Waals surface area contributed by atoms with Gasteiger partial charge in [0.05, 0.1) is 18.1 Å². The first kappa shape index (κ1) is 12.3. The van der Waals surface area contributed by atoms with Crippen molar-refractivity contribution >= 4 is 21.6 Å². The predicted octanol–water partition coefficient (Wildman–Crippen LogP) is 2.79. The fourth-order valence-electron chi connectivity index (χ4n) is 1.43. The van der Waals surface area contributed by atoms with Crippen LogP contribution in [-0.4, -0.2) is 9.97 Å². The van der Waals surface area contributed by atoms with E-state index in [0.29, 0.717) is 17.3 Å². The Morgan fingerprint density at radius 3 is 2.67 bits per heavy atom. The van der Waals surface area contributed by atoms with Crippen molar-refractivity contribution < 1.29 is 4.74 Å². The van der Waals surface area contributed by atoms with Crippen molar-refractivity contribution in [1.29, 1.82) is 5.26 Å². The molecule has 0 bridgehead atoms. The molecule has 5 nitrogen and oxygen atoms in total. The molecule has 0 aliphatic heterocycles. The van der Waals surface area contributed by atoms with Crippen molar-refractivity contribution in [3.05, 3.63) is 40.3 Å². The Labute approximate surface area is 112 Å². The zero-order valence-electron chi connectivity index (χ0n) is 9.51. The number of nitrogen functional groups attached to an aromatic ring is 1. The summed E-state index contributed by atoms with van der Waals surface area (Å²) in [5.41, 5.74) is 7.50. The molecule has 0 aliphatic rings. The van der Waals surface area contributed by atoms with E-state index in [-0.39, 0.29) is 5.69 Å². The molecule has 2 aromatic rings. The Balaban J connectivity index is 2.31. The lowest BCUT2D eigenvalue weighted by Crippen LogP contribution is -1.97. The lowest BCUT2D eigenvalue weighted by atomic mass is 10.2. The van der Waals surface area contributed by atoms with Gasteiger partial charge in [-0.05, 0) is 24.6 Å². The van der Waals surface area contributed by atoms with Gasteiger partial charge in [-0.2, -0.15) is 5.26 Å². The second kappa shape index (κ2) is 5.02. The average molecular weight is 305 g/mol. The lowest BCUT2D eigenvalue weighted by molar-refractivity contribution is 0.458. The summed E-state index contributed by atoms with van der Waals surface area (Å²) in [7, 11) is 0. The van der Waals surface area contributed by atoms with Gasteiger partial charge in [0.25, 0.3) is 0 Å². The highest BCUT2D eigenvalue weighted by atomic mass is 79.9. The van der Waals surface area contributed by atoms with Crippen LogP contribution in [0.1, 0.15) is 11.3 Å². The SMILES string of the molecule is Cc1cc(Br)cc(N)c1Oc1cnc(C#N)cn1. The Morgan fingerprint density at radius 2 is 2.11 bits per heavy atom. The van der Waals surface area contributed by atoms with Crippen LogP contribution in [0.5, 0.6) is 11.6 Å². The molecule has 6 heteroatoms. The molecule has 0 radical (unpaired) electrons. The number of anilines is 1. The highest BCUT2D eigenvalue weighted by Gasteiger charge is 2.08. The number of halogens is 1. The van der Waals surface area contributed by atoms with Crippen LogP contribution in [0.15, 0.2) is 29.0 Å². The number of ether oxygens (including phenoxy) is 1. The third-order valence-electron chi connectivity index (χ3n) is 2.22. The predicted molar refractivity (Wildman–Crippen MR) is 70.1 cm³/mol. The molecule has 0 aliphatic carbocycles. The number of benzene rings is 1. The van der Waals surface area contributed by atoms with Gasteiger partial charge in [-0.3, -0.25) is 0 Å². The van der Waals surface area contributed by atoms with Crippen molar-refractivity contribution in [3.63, 3.8) is 0 Å². The van der Waals surface area contributed by atoms with Gasteiger partial charge in [-0.25, -0.2) is 9.97 Å². The quantitative estimate of drug-likeness (QED) is 0.862. The van der Waals surface area contributed by atoms with Crippen LogP contribution in [0, 0.1) is 18.3 Å². The molecule has 0 saturated heterocycles. The highest BCUT2D eigenvalue weighted by molar-refractivity contribution is 9.10. The third-order valence-corrected chi connectivity index (χ3v) is 2.68. The summed E-state index contributed by atoms with van der Waals surface area (Å²) in [5.74, 6) is 0.836. The second-order valence-corrected chi connectivity index (χ2v) is 4.51. The molecule has 90 valence electrons. The van der Waals surface area contributed by atoms with Gasteiger partial charge in [0.2, 0.25) is 5.88 Å². The van der Waals surface area contributed by atoms with Crippen LogP contribution >= 0.6 is 15.9 Å². The molecule has 0 saturated carbocycles. The standard InChI is InChI=1S/C12H9BrN4O/c1-7-2-8(13)3-10(15)12(7)18-11-6-16-9(4-14)5-17-11/h2-3,5-6H,15H2,1H3.